The minimum atomic E-state index is -3.91. The van der Waals surface area contributed by atoms with Gasteiger partial charge in [-0.05, 0) is 62.1 Å². The number of carbonyl (C=O) groups is 2. The number of likely N-dealkylation sites (N-methyl/N-ethyl adjacent to an activating group) is 1. The van der Waals surface area contributed by atoms with Crippen molar-refractivity contribution in [2.75, 3.05) is 18.4 Å². The Labute approximate surface area is 189 Å². The quantitative estimate of drug-likeness (QED) is 0.632. The highest BCUT2D eigenvalue weighted by atomic mass is 32.2. The molecule has 32 heavy (non-hydrogen) atoms. The fourth-order valence-electron chi connectivity index (χ4n) is 3.92. The third-order valence-corrected chi connectivity index (χ3v) is 7.35. The Kier molecular flexibility index (Phi) is 7.56. The molecule has 172 valence electrons. The Morgan fingerprint density at radius 3 is 2.47 bits per heavy atom. The Bertz CT molecular complexity index is 1090. The molecule has 2 aromatic rings. The second kappa shape index (κ2) is 10.2. The van der Waals surface area contributed by atoms with Gasteiger partial charge in [-0.1, -0.05) is 37.5 Å². The van der Waals surface area contributed by atoms with Crippen molar-refractivity contribution in [3.05, 3.63) is 59.2 Å². The number of ether oxygens (including phenoxy) is 1. The molecule has 2 aromatic carbocycles. The van der Waals surface area contributed by atoms with Crippen LogP contribution in [0.5, 0.6) is 0 Å². The monoisotopic (exact) mass is 458 g/mol. The maximum Gasteiger partial charge on any atom is 0.338 e. The molecule has 1 saturated carbocycles. The summed E-state index contributed by atoms with van der Waals surface area (Å²) in [6.45, 7) is 3.15. The lowest BCUT2D eigenvalue weighted by Gasteiger charge is -2.31. The zero-order chi connectivity index (χ0) is 23.3. The number of nitrogens with zero attached hydrogens (tertiary/aromatic N) is 1. The molecule has 0 heterocycles. The lowest BCUT2D eigenvalue weighted by molar-refractivity contribution is -0.135. The summed E-state index contributed by atoms with van der Waals surface area (Å²) >= 11 is 0. The summed E-state index contributed by atoms with van der Waals surface area (Å²) in [5, 5.41) is 0. The molecule has 1 aliphatic carbocycles. The van der Waals surface area contributed by atoms with Crippen LogP contribution < -0.4 is 4.72 Å². The maximum absolute atomic E-state index is 12.9. The summed E-state index contributed by atoms with van der Waals surface area (Å²) < 4.78 is 33.6. The van der Waals surface area contributed by atoms with E-state index < -0.39 is 16.0 Å². The number of rotatable bonds is 7. The van der Waals surface area contributed by atoms with Crippen LogP contribution in [0.15, 0.2) is 47.4 Å². The summed E-state index contributed by atoms with van der Waals surface area (Å²) in [7, 11) is -2.17. The van der Waals surface area contributed by atoms with Gasteiger partial charge < -0.3 is 9.64 Å². The molecule has 1 fully saturated rings. The molecule has 0 aliphatic heterocycles. The van der Waals surface area contributed by atoms with Gasteiger partial charge in [0.15, 0.2) is 6.61 Å². The van der Waals surface area contributed by atoms with E-state index in [2.05, 4.69) is 4.72 Å². The molecule has 8 heteroatoms. The summed E-state index contributed by atoms with van der Waals surface area (Å²) in [6, 6.07) is 11.5. The van der Waals surface area contributed by atoms with Gasteiger partial charge in [-0.3, -0.25) is 9.52 Å². The van der Waals surface area contributed by atoms with Gasteiger partial charge in [0.25, 0.3) is 15.9 Å². The smallest absolute Gasteiger partial charge is 0.338 e. The lowest BCUT2D eigenvalue weighted by atomic mass is 9.94. The van der Waals surface area contributed by atoms with Gasteiger partial charge in [-0.2, -0.15) is 0 Å². The van der Waals surface area contributed by atoms with Gasteiger partial charge in [0, 0.05) is 18.8 Å². The average molecular weight is 459 g/mol. The van der Waals surface area contributed by atoms with Gasteiger partial charge in [0.2, 0.25) is 0 Å². The van der Waals surface area contributed by atoms with Crippen molar-refractivity contribution < 1.29 is 22.7 Å². The standard InChI is InChI=1S/C24H30N2O5S/c1-17-8-7-9-20(14-17)25-32(29,30)22-15-19(13-12-18(22)2)24(28)31-16-23(27)26(3)21-10-5-4-6-11-21/h7-9,12-15,21,25H,4-6,10-11,16H2,1-3H3. The van der Waals surface area contributed by atoms with Crippen molar-refractivity contribution in [2.45, 2.75) is 56.9 Å². The van der Waals surface area contributed by atoms with E-state index in [-0.39, 0.29) is 29.0 Å². The van der Waals surface area contributed by atoms with Crippen molar-refractivity contribution in [3.63, 3.8) is 0 Å². The Morgan fingerprint density at radius 2 is 1.78 bits per heavy atom. The molecule has 1 aliphatic rings. The van der Waals surface area contributed by atoms with E-state index in [9.17, 15) is 18.0 Å². The highest BCUT2D eigenvalue weighted by molar-refractivity contribution is 7.92. The van der Waals surface area contributed by atoms with Crippen LogP contribution in [0.4, 0.5) is 5.69 Å². The van der Waals surface area contributed by atoms with Crippen LogP contribution in [0, 0.1) is 13.8 Å². The Morgan fingerprint density at radius 1 is 1.06 bits per heavy atom. The van der Waals surface area contributed by atoms with Crippen LogP contribution in [0.1, 0.15) is 53.6 Å². The molecule has 0 aromatic heterocycles. The van der Waals surface area contributed by atoms with Gasteiger partial charge in [-0.25, -0.2) is 13.2 Å². The number of hydrogen-bond donors (Lipinski definition) is 1. The molecule has 0 unspecified atom stereocenters. The first-order valence-corrected chi connectivity index (χ1v) is 12.3. The Hall–Kier alpha value is -2.87. The first kappa shape index (κ1) is 23.8. The van der Waals surface area contributed by atoms with Crippen LogP contribution in [-0.4, -0.2) is 44.9 Å². The molecule has 3 rings (SSSR count). The molecule has 0 bridgehead atoms. The van der Waals surface area contributed by atoms with Gasteiger partial charge >= 0.3 is 5.97 Å². The average Bonchev–Trinajstić information content (AvgIpc) is 2.77. The minimum Gasteiger partial charge on any atom is -0.452 e. The number of nitrogens with one attached hydrogen (secondary N) is 1. The third-order valence-electron chi connectivity index (χ3n) is 5.83. The van der Waals surface area contributed by atoms with Crippen LogP contribution in [-0.2, 0) is 19.6 Å². The Balaban J connectivity index is 1.68. The third kappa shape index (κ3) is 5.88. The molecule has 1 amide bonds. The van der Waals surface area contributed by atoms with E-state index in [1.807, 2.05) is 13.0 Å². The molecule has 1 N–H and O–H groups in total. The van der Waals surface area contributed by atoms with E-state index in [0.29, 0.717) is 11.3 Å². The number of anilines is 1. The van der Waals surface area contributed by atoms with Crippen molar-refractivity contribution in [1.29, 1.82) is 0 Å². The number of hydrogen-bond acceptors (Lipinski definition) is 5. The van der Waals surface area contributed by atoms with E-state index in [4.69, 9.17) is 4.74 Å². The van der Waals surface area contributed by atoms with E-state index in [0.717, 1.165) is 31.2 Å². The molecule has 0 radical (unpaired) electrons. The fraction of sp³-hybridized carbons (Fsp3) is 0.417. The van der Waals surface area contributed by atoms with Crippen LogP contribution in [0.2, 0.25) is 0 Å². The molecule has 0 atom stereocenters. The largest absolute Gasteiger partial charge is 0.452 e. The molecular weight excluding hydrogens is 428 g/mol. The highest BCUT2D eigenvalue weighted by Crippen LogP contribution is 2.23. The van der Waals surface area contributed by atoms with Crippen molar-refractivity contribution >= 4 is 27.6 Å². The zero-order valence-corrected chi connectivity index (χ0v) is 19.6. The topological polar surface area (TPSA) is 92.8 Å². The van der Waals surface area contributed by atoms with E-state index in [1.165, 1.54) is 18.6 Å². The number of esters is 1. The predicted molar refractivity (Wildman–Crippen MR) is 123 cm³/mol. The second-order valence-electron chi connectivity index (χ2n) is 8.33. The van der Waals surface area contributed by atoms with Crippen LogP contribution in [0.25, 0.3) is 0 Å². The predicted octanol–water partition coefficient (Wildman–Crippen LogP) is 4.05. The number of aryl methyl sites for hydroxylation is 2. The normalized spacial score (nSPS) is 14.6. The van der Waals surface area contributed by atoms with Gasteiger partial charge in [-0.15, -0.1) is 0 Å². The summed E-state index contributed by atoms with van der Waals surface area (Å²) in [4.78, 5) is 26.6. The number of sulfonamides is 1. The van der Waals surface area contributed by atoms with Gasteiger partial charge in [0.1, 0.15) is 0 Å². The fourth-order valence-corrected chi connectivity index (χ4v) is 5.24. The minimum absolute atomic E-state index is 0.0147. The first-order chi connectivity index (χ1) is 15.2. The maximum atomic E-state index is 12.9. The molecule has 7 nitrogen and oxygen atoms in total. The van der Waals surface area contributed by atoms with E-state index in [1.54, 1.807) is 43.1 Å². The van der Waals surface area contributed by atoms with Crippen molar-refractivity contribution in [2.24, 2.45) is 0 Å². The molecule has 0 saturated heterocycles. The van der Waals surface area contributed by atoms with Crippen molar-refractivity contribution in [1.82, 2.24) is 4.90 Å². The summed E-state index contributed by atoms with van der Waals surface area (Å²) in [5.41, 5.74) is 1.93. The molecular formula is C24H30N2O5S. The highest BCUT2D eigenvalue weighted by Gasteiger charge is 2.24. The SMILES string of the molecule is Cc1cccc(NS(=O)(=O)c2cc(C(=O)OCC(=O)N(C)C3CCCCC3)ccc2C)c1. The van der Waals surface area contributed by atoms with Crippen LogP contribution in [0.3, 0.4) is 0 Å². The zero-order valence-electron chi connectivity index (χ0n) is 18.8. The van der Waals surface area contributed by atoms with Crippen LogP contribution >= 0.6 is 0 Å². The second-order valence-corrected chi connectivity index (χ2v) is 9.98. The number of amides is 1. The number of benzene rings is 2. The lowest BCUT2D eigenvalue weighted by Crippen LogP contribution is -2.40. The first-order valence-electron chi connectivity index (χ1n) is 10.8. The number of carbonyl (C=O) groups excluding carboxylic acids is 2. The summed E-state index contributed by atoms with van der Waals surface area (Å²) in [5.74, 6) is -0.992. The van der Waals surface area contributed by atoms with E-state index >= 15 is 0 Å². The van der Waals surface area contributed by atoms with Gasteiger partial charge in [0.05, 0.1) is 10.5 Å². The summed E-state index contributed by atoms with van der Waals surface area (Å²) in [6.07, 6.45) is 5.30. The van der Waals surface area contributed by atoms with Crippen molar-refractivity contribution in [3.8, 4) is 0 Å². The molecule has 0 spiro atoms.